The van der Waals surface area contributed by atoms with Crippen LogP contribution in [0.3, 0.4) is 0 Å². The summed E-state index contributed by atoms with van der Waals surface area (Å²) < 4.78 is 0. The maximum Gasteiger partial charge on any atom is 0.251 e. The number of amides is 1. The fourth-order valence-electron chi connectivity index (χ4n) is 2.94. The van der Waals surface area contributed by atoms with Crippen molar-refractivity contribution in [3.63, 3.8) is 0 Å². The molecule has 0 radical (unpaired) electrons. The van der Waals surface area contributed by atoms with Crippen LogP contribution in [0.2, 0.25) is 0 Å². The molecule has 3 rings (SSSR count). The lowest BCUT2D eigenvalue weighted by Crippen LogP contribution is -2.39. The van der Waals surface area contributed by atoms with E-state index in [0.717, 1.165) is 37.9 Å². The van der Waals surface area contributed by atoms with Crippen molar-refractivity contribution >= 4 is 5.91 Å². The lowest BCUT2D eigenvalue weighted by atomic mass is 9.82. The number of hydrogen-bond acceptors (Lipinski definition) is 3. The Morgan fingerprint density at radius 3 is 3.05 bits per heavy atom. The molecule has 1 aliphatic carbocycles. The SMILES string of the molecule is O=C(NCC1CC(O)C1)c1cccc2c1CCNC2. The molecule has 1 aromatic rings. The number of hydrogen-bond donors (Lipinski definition) is 3. The predicted molar refractivity (Wildman–Crippen MR) is 72.9 cm³/mol. The number of aliphatic hydroxyl groups is 1. The standard InChI is InChI=1S/C15H20N2O2/c18-12-6-10(7-12)8-17-15(19)14-3-1-2-11-9-16-5-4-13(11)14/h1-3,10,12,16,18H,4-9H2,(H,17,19). The van der Waals surface area contributed by atoms with Gasteiger partial charge in [0.15, 0.2) is 0 Å². The van der Waals surface area contributed by atoms with Gasteiger partial charge in [0, 0.05) is 18.7 Å². The average Bonchev–Trinajstić information content (AvgIpc) is 2.41. The van der Waals surface area contributed by atoms with E-state index < -0.39 is 0 Å². The minimum atomic E-state index is -0.155. The van der Waals surface area contributed by atoms with Gasteiger partial charge in [0.1, 0.15) is 0 Å². The van der Waals surface area contributed by atoms with E-state index >= 15 is 0 Å². The molecule has 1 heterocycles. The quantitative estimate of drug-likeness (QED) is 0.754. The molecule has 1 saturated carbocycles. The number of fused-ring (bicyclic) bond motifs is 1. The number of carbonyl (C=O) groups is 1. The highest BCUT2D eigenvalue weighted by molar-refractivity contribution is 5.96. The van der Waals surface area contributed by atoms with Crippen molar-refractivity contribution in [1.29, 1.82) is 0 Å². The number of benzene rings is 1. The van der Waals surface area contributed by atoms with E-state index in [1.165, 1.54) is 11.1 Å². The summed E-state index contributed by atoms with van der Waals surface area (Å²) in [5.41, 5.74) is 3.24. The first-order chi connectivity index (χ1) is 9.24. The molecule has 4 heteroatoms. The summed E-state index contributed by atoms with van der Waals surface area (Å²) in [5.74, 6) is 0.472. The van der Waals surface area contributed by atoms with Crippen molar-refractivity contribution in [2.45, 2.75) is 31.9 Å². The van der Waals surface area contributed by atoms with Crippen molar-refractivity contribution in [3.05, 3.63) is 34.9 Å². The van der Waals surface area contributed by atoms with Crippen LogP contribution in [0.25, 0.3) is 0 Å². The molecule has 0 atom stereocenters. The van der Waals surface area contributed by atoms with Gasteiger partial charge < -0.3 is 15.7 Å². The molecule has 0 unspecified atom stereocenters. The largest absolute Gasteiger partial charge is 0.393 e. The second kappa shape index (κ2) is 5.31. The van der Waals surface area contributed by atoms with E-state index in [-0.39, 0.29) is 12.0 Å². The average molecular weight is 260 g/mol. The highest BCUT2D eigenvalue weighted by Gasteiger charge is 2.27. The summed E-state index contributed by atoms with van der Waals surface area (Å²) in [6.07, 6.45) is 2.40. The summed E-state index contributed by atoms with van der Waals surface area (Å²) >= 11 is 0. The second-order valence-corrected chi connectivity index (χ2v) is 5.57. The van der Waals surface area contributed by atoms with Gasteiger partial charge >= 0.3 is 0 Å². The second-order valence-electron chi connectivity index (χ2n) is 5.57. The minimum absolute atomic E-state index is 0.0279. The monoisotopic (exact) mass is 260 g/mol. The van der Waals surface area contributed by atoms with Crippen molar-refractivity contribution in [2.75, 3.05) is 13.1 Å². The Bertz CT molecular complexity index is 481. The van der Waals surface area contributed by atoms with Crippen LogP contribution < -0.4 is 10.6 Å². The summed E-state index contributed by atoms with van der Waals surface area (Å²) in [6, 6.07) is 5.95. The first-order valence-corrected chi connectivity index (χ1v) is 7.02. The molecule has 0 bridgehead atoms. The molecular formula is C15H20N2O2. The topological polar surface area (TPSA) is 61.4 Å². The molecule has 4 nitrogen and oxygen atoms in total. The van der Waals surface area contributed by atoms with Crippen LogP contribution in [-0.4, -0.2) is 30.2 Å². The minimum Gasteiger partial charge on any atom is -0.393 e. The first-order valence-electron chi connectivity index (χ1n) is 7.02. The molecule has 1 amide bonds. The van der Waals surface area contributed by atoms with E-state index in [2.05, 4.69) is 16.7 Å². The van der Waals surface area contributed by atoms with E-state index in [4.69, 9.17) is 0 Å². The molecule has 3 N–H and O–H groups in total. The summed E-state index contributed by atoms with van der Waals surface area (Å²) in [6.45, 7) is 2.47. The van der Waals surface area contributed by atoms with Crippen LogP contribution in [0.1, 0.15) is 34.3 Å². The number of nitrogens with one attached hydrogen (secondary N) is 2. The molecule has 1 aromatic carbocycles. The third-order valence-electron chi connectivity index (χ3n) is 4.15. The Balaban J connectivity index is 1.66. The highest BCUT2D eigenvalue weighted by Crippen LogP contribution is 2.26. The van der Waals surface area contributed by atoms with Crippen LogP contribution in [-0.2, 0) is 13.0 Å². The van der Waals surface area contributed by atoms with E-state index in [9.17, 15) is 9.90 Å². The Hall–Kier alpha value is -1.39. The van der Waals surface area contributed by atoms with Gasteiger partial charge in [-0.3, -0.25) is 4.79 Å². The van der Waals surface area contributed by atoms with Gasteiger partial charge in [0.25, 0.3) is 5.91 Å². The molecular weight excluding hydrogens is 240 g/mol. The molecule has 1 aliphatic heterocycles. The molecule has 1 fully saturated rings. The maximum atomic E-state index is 12.2. The van der Waals surface area contributed by atoms with Crippen LogP contribution >= 0.6 is 0 Å². The lowest BCUT2D eigenvalue weighted by molar-refractivity contribution is 0.0420. The van der Waals surface area contributed by atoms with Crippen LogP contribution in [0.15, 0.2) is 18.2 Å². The predicted octanol–water partition coefficient (Wildman–Crippen LogP) is 0.833. The van der Waals surface area contributed by atoms with Gasteiger partial charge in [0.05, 0.1) is 6.10 Å². The molecule has 2 aliphatic rings. The molecule has 19 heavy (non-hydrogen) atoms. The molecule has 0 spiro atoms. The normalized spacial score (nSPS) is 25.3. The Morgan fingerprint density at radius 2 is 2.26 bits per heavy atom. The van der Waals surface area contributed by atoms with Crippen molar-refractivity contribution in [1.82, 2.24) is 10.6 Å². The van der Waals surface area contributed by atoms with Gasteiger partial charge in [-0.15, -0.1) is 0 Å². The smallest absolute Gasteiger partial charge is 0.251 e. The van der Waals surface area contributed by atoms with Crippen molar-refractivity contribution < 1.29 is 9.90 Å². The zero-order valence-corrected chi connectivity index (χ0v) is 11.0. The zero-order chi connectivity index (χ0) is 13.2. The Kier molecular flexibility index (Phi) is 3.53. The lowest BCUT2D eigenvalue weighted by Gasteiger charge is -2.31. The van der Waals surface area contributed by atoms with Gasteiger partial charge in [-0.2, -0.15) is 0 Å². The molecule has 0 aromatic heterocycles. The zero-order valence-electron chi connectivity index (χ0n) is 11.0. The molecule has 102 valence electrons. The Morgan fingerprint density at radius 1 is 1.42 bits per heavy atom. The van der Waals surface area contributed by atoms with E-state index in [0.29, 0.717) is 12.5 Å². The fraction of sp³-hybridized carbons (Fsp3) is 0.533. The van der Waals surface area contributed by atoms with E-state index in [1.807, 2.05) is 12.1 Å². The first kappa shape index (κ1) is 12.6. The van der Waals surface area contributed by atoms with E-state index in [1.54, 1.807) is 0 Å². The van der Waals surface area contributed by atoms with Gasteiger partial charge in [-0.1, -0.05) is 12.1 Å². The van der Waals surface area contributed by atoms with Crippen LogP contribution in [0.5, 0.6) is 0 Å². The van der Waals surface area contributed by atoms with Crippen molar-refractivity contribution in [2.24, 2.45) is 5.92 Å². The van der Waals surface area contributed by atoms with Gasteiger partial charge in [-0.05, 0) is 48.9 Å². The van der Waals surface area contributed by atoms with Crippen LogP contribution in [0, 0.1) is 5.92 Å². The van der Waals surface area contributed by atoms with Crippen molar-refractivity contribution in [3.8, 4) is 0 Å². The maximum absolute atomic E-state index is 12.2. The molecule has 0 saturated heterocycles. The third kappa shape index (κ3) is 2.65. The number of carbonyl (C=O) groups excluding carboxylic acids is 1. The van der Waals surface area contributed by atoms with Gasteiger partial charge in [-0.25, -0.2) is 0 Å². The summed E-state index contributed by atoms with van der Waals surface area (Å²) in [7, 11) is 0. The Labute approximate surface area is 113 Å². The third-order valence-corrected chi connectivity index (χ3v) is 4.15. The number of rotatable bonds is 3. The fourth-order valence-corrected chi connectivity index (χ4v) is 2.94. The summed E-state index contributed by atoms with van der Waals surface area (Å²) in [5, 5.41) is 15.6. The highest BCUT2D eigenvalue weighted by atomic mass is 16.3. The summed E-state index contributed by atoms with van der Waals surface area (Å²) in [4.78, 5) is 12.2. The number of aliphatic hydroxyl groups excluding tert-OH is 1. The van der Waals surface area contributed by atoms with Gasteiger partial charge in [0.2, 0.25) is 0 Å². The van der Waals surface area contributed by atoms with Crippen LogP contribution in [0.4, 0.5) is 0 Å².